The van der Waals surface area contributed by atoms with Crippen LogP contribution in [-0.4, -0.2) is 43.8 Å². The van der Waals surface area contributed by atoms with Crippen molar-refractivity contribution < 1.29 is 36.2 Å². The average Bonchev–Trinajstić information content (AvgIpc) is 2.67. The fourth-order valence-corrected chi connectivity index (χ4v) is 6.19. The maximum atomic E-state index is 14.5. The molecule has 3 nitrogen and oxygen atoms in total. The maximum Gasteiger partial charge on any atom is 0.317 e. The molecule has 4 rings (SSSR count). The van der Waals surface area contributed by atoms with Gasteiger partial charge in [0.2, 0.25) is 0 Å². The van der Waals surface area contributed by atoms with Crippen molar-refractivity contribution in [1.29, 1.82) is 0 Å². The van der Waals surface area contributed by atoms with Crippen molar-refractivity contribution in [3.05, 3.63) is 0 Å². The Bertz CT molecular complexity index is 574. The molecule has 0 aromatic carbocycles. The molecule has 3 atom stereocenters. The van der Waals surface area contributed by atoms with E-state index in [0.717, 1.165) is 19.3 Å². The van der Waals surface area contributed by atoms with Crippen LogP contribution in [0.25, 0.3) is 0 Å². The number of hydrogen-bond donors (Lipinski definition) is 0. The molecule has 4 aliphatic carbocycles. The molecule has 4 saturated carbocycles. The van der Waals surface area contributed by atoms with E-state index in [4.69, 9.17) is 9.47 Å². The number of esters is 1. The lowest BCUT2D eigenvalue weighted by Gasteiger charge is -2.56. The number of carbonyl (C=O) groups excluding carboxylic acids is 1. The Hall–Kier alpha value is -0.920. The van der Waals surface area contributed by atoms with Crippen molar-refractivity contribution in [3.63, 3.8) is 0 Å². The molecular weight excluding hydrogens is 407 g/mol. The second kappa shape index (κ2) is 8.91. The molecule has 0 aromatic rings. The summed E-state index contributed by atoms with van der Waals surface area (Å²) in [5.41, 5.74) is -3.54. The van der Waals surface area contributed by atoms with Crippen molar-refractivity contribution >= 4 is 5.97 Å². The summed E-state index contributed by atoms with van der Waals surface area (Å²) in [6.07, 6.45) is 4.21. The van der Waals surface area contributed by atoms with Crippen molar-refractivity contribution in [1.82, 2.24) is 0 Å². The molecule has 174 valence electrons. The minimum Gasteiger partial charge on any atom is -0.438 e. The van der Waals surface area contributed by atoms with Gasteiger partial charge in [-0.05, 0) is 81.5 Å². The van der Waals surface area contributed by atoms with Crippen LogP contribution >= 0.6 is 0 Å². The predicted molar refractivity (Wildman–Crippen MR) is 101 cm³/mol. The molecule has 0 spiro atoms. The van der Waals surface area contributed by atoms with Gasteiger partial charge in [-0.25, -0.2) is 22.0 Å². The largest absolute Gasteiger partial charge is 0.438 e. The normalized spacial score (nSPS) is 34.4. The third-order valence-corrected chi connectivity index (χ3v) is 7.46. The molecule has 0 N–H and O–H groups in total. The minimum absolute atomic E-state index is 0.0580. The van der Waals surface area contributed by atoms with E-state index in [1.54, 1.807) is 0 Å². The van der Waals surface area contributed by atoms with Gasteiger partial charge in [-0.3, -0.25) is 4.79 Å². The van der Waals surface area contributed by atoms with Gasteiger partial charge >= 0.3 is 5.97 Å². The van der Waals surface area contributed by atoms with Crippen LogP contribution in [0.1, 0.15) is 65.2 Å². The molecule has 0 saturated heterocycles. The number of rotatable bonds is 11. The van der Waals surface area contributed by atoms with E-state index < -0.39 is 49.5 Å². The van der Waals surface area contributed by atoms with Crippen LogP contribution in [0.15, 0.2) is 0 Å². The van der Waals surface area contributed by atoms with Gasteiger partial charge in [-0.1, -0.05) is 6.92 Å². The molecule has 0 aliphatic heterocycles. The summed E-state index contributed by atoms with van der Waals surface area (Å²) in [5, 5.41) is 0. The van der Waals surface area contributed by atoms with Gasteiger partial charge in [0.1, 0.15) is 18.8 Å². The Balaban J connectivity index is 1.55. The summed E-state index contributed by atoms with van der Waals surface area (Å²) in [7, 11) is 0. The first-order chi connectivity index (χ1) is 14.0. The predicted octanol–water partition coefficient (Wildman–Crippen LogP) is 5.81. The maximum absolute atomic E-state index is 14.5. The van der Waals surface area contributed by atoms with E-state index in [-0.39, 0.29) is 11.8 Å². The molecule has 4 aliphatic rings. The summed E-state index contributed by atoms with van der Waals surface area (Å²) < 4.78 is 80.1. The third kappa shape index (κ3) is 4.78. The van der Waals surface area contributed by atoms with Gasteiger partial charge in [0.25, 0.3) is 5.92 Å². The average molecular weight is 440 g/mol. The Morgan fingerprint density at radius 1 is 1.10 bits per heavy atom. The Kier molecular flexibility index (Phi) is 7.05. The topological polar surface area (TPSA) is 35.5 Å². The van der Waals surface area contributed by atoms with E-state index in [1.807, 2.05) is 0 Å². The number of alkyl halides is 5. The van der Waals surface area contributed by atoms with Crippen LogP contribution < -0.4 is 0 Å². The monoisotopic (exact) mass is 440 g/mol. The van der Waals surface area contributed by atoms with Crippen molar-refractivity contribution in [3.8, 4) is 0 Å². The Labute approximate surface area is 175 Å². The zero-order valence-electron chi connectivity index (χ0n) is 17.8. The van der Waals surface area contributed by atoms with Crippen molar-refractivity contribution in [2.45, 2.75) is 83.0 Å². The Morgan fingerprint density at radius 2 is 1.63 bits per heavy atom. The minimum atomic E-state index is -4.40. The molecule has 0 amide bonds. The van der Waals surface area contributed by atoms with E-state index >= 15 is 0 Å². The van der Waals surface area contributed by atoms with Gasteiger partial charge in [-0.2, -0.15) is 0 Å². The van der Waals surface area contributed by atoms with Gasteiger partial charge < -0.3 is 9.47 Å². The van der Waals surface area contributed by atoms with Crippen LogP contribution in [0.2, 0.25) is 0 Å². The van der Waals surface area contributed by atoms with Crippen molar-refractivity contribution in [2.24, 2.45) is 29.1 Å². The highest BCUT2D eigenvalue weighted by molar-refractivity contribution is 5.74. The summed E-state index contributed by atoms with van der Waals surface area (Å²) in [6, 6.07) is 0. The molecule has 4 bridgehead atoms. The first-order valence-corrected chi connectivity index (χ1v) is 11.0. The highest BCUT2D eigenvalue weighted by Crippen LogP contribution is 2.60. The summed E-state index contributed by atoms with van der Waals surface area (Å²) >= 11 is 0. The molecule has 30 heavy (non-hydrogen) atoms. The smallest absolute Gasteiger partial charge is 0.317 e. The van der Waals surface area contributed by atoms with Crippen molar-refractivity contribution in [2.75, 3.05) is 20.1 Å². The van der Waals surface area contributed by atoms with Crippen LogP contribution in [-0.2, 0) is 14.3 Å². The van der Waals surface area contributed by atoms with Gasteiger partial charge in [0, 0.05) is 0 Å². The molecule has 0 aromatic heterocycles. The number of halogens is 5. The summed E-state index contributed by atoms with van der Waals surface area (Å²) in [5.74, 6) is -6.14. The van der Waals surface area contributed by atoms with E-state index in [0.29, 0.717) is 31.3 Å². The van der Waals surface area contributed by atoms with Crippen LogP contribution in [0.5, 0.6) is 0 Å². The van der Waals surface area contributed by atoms with E-state index in [9.17, 15) is 26.7 Å². The SMILES string of the molecule is CCC(F)CC(C(=O)OCOCC12CC3CC(CC(C3)C1)C2)C(F)(F)C(C)(F)CF. The zero-order valence-corrected chi connectivity index (χ0v) is 17.8. The van der Waals surface area contributed by atoms with Crippen LogP contribution in [0, 0.1) is 29.1 Å². The second-order valence-corrected chi connectivity index (χ2v) is 10.1. The summed E-state index contributed by atoms with van der Waals surface area (Å²) in [6.45, 7) is -0.360. The van der Waals surface area contributed by atoms with Crippen LogP contribution in [0.4, 0.5) is 22.0 Å². The van der Waals surface area contributed by atoms with Gasteiger partial charge in [0.15, 0.2) is 12.5 Å². The number of carbonyl (C=O) groups is 1. The lowest BCUT2D eigenvalue weighted by atomic mass is 9.50. The number of ether oxygens (including phenoxy) is 2. The lowest BCUT2D eigenvalue weighted by Crippen LogP contribution is -2.52. The molecule has 4 fully saturated rings. The third-order valence-electron chi connectivity index (χ3n) is 7.46. The molecular formula is C22H33F5O3. The Morgan fingerprint density at radius 3 is 2.10 bits per heavy atom. The summed E-state index contributed by atoms with van der Waals surface area (Å²) in [4.78, 5) is 12.3. The zero-order chi connectivity index (χ0) is 22.2. The van der Waals surface area contributed by atoms with E-state index in [1.165, 1.54) is 26.2 Å². The first kappa shape index (κ1) is 23.7. The van der Waals surface area contributed by atoms with Gasteiger partial charge in [0.05, 0.1) is 6.61 Å². The number of hydrogen-bond acceptors (Lipinski definition) is 3. The highest BCUT2D eigenvalue weighted by Gasteiger charge is 2.60. The standard InChI is InChI=1S/C22H33F5O3/c1-3-17(24)7-18(22(26,27)20(2,25)11-23)19(28)30-13-29-12-21-8-14-4-15(9-21)6-16(5-14)10-21/h14-18H,3-13H2,1-2H3. The molecule has 3 unspecified atom stereocenters. The van der Waals surface area contributed by atoms with Crippen LogP contribution in [0.3, 0.4) is 0 Å². The molecule has 8 heteroatoms. The fourth-order valence-electron chi connectivity index (χ4n) is 6.19. The molecule has 0 heterocycles. The van der Waals surface area contributed by atoms with E-state index in [2.05, 4.69) is 0 Å². The molecule has 0 radical (unpaired) electrons. The fraction of sp³-hybridized carbons (Fsp3) is 0.955. The quantitative estimate of drug-likeness (QED) is 0.176. The first-order valence-electron chi connectivity index (χ1n) is 11.0. The lowest BCUT2D eigenvalue weighted by molar-refractivity contribution is -0.207. The second-order valence-electron chi connectivity index (χ2n) is 10.1. The highest BCUT2D eigenvalue weighted by atomic mass is 19.3. The van der Waals surface area contributed by atoms with Gasteiger partial charge in [-0.15, -0.1) is 0 Å².